The van der Waals surface area contributed by atoms with Crippen LogP contribution in [0.3, 0.4) is 0 Å². The second-order valence-electron chi connectivity index (χ2n) is 6.52. The molecule has 0 saturated carbocycles. The van der Waals surface area contributed by atoms with Gasteiger partial charge in [-0.25, -0.2) is 0 Å². The number of hydrogen-bond acceptors (Lipinski definition) is 3. The lowest BCUT2D eigenvalue weighted by Gasteiger charge is -2.23. The third-order valence-corrected chi connectivity index (χ3v) is 4.68. The number of benzene rings is 2. The summed E-state index contributed by atoms with van der Waals surface area (Å²) in [5.41, 5.74) is 8.31. The van der Waals surface area contributed by atoms with Gasteiger partial charge in [0.15, 0.2) is 0 Å². The van der Waals surface area contributed by atoms with E-state index in [1.54, 1.807) is 15.9 Å². The van der Waals surface area contributed by atoms with Crippen LogP contribution in [-0.2, 0) is 11.2 Å². The largest absolute Gasteiger partial charge is 0.337 e. The standard InChI is InChI=1S/C21H25N3O2/c22-12-15-23(14-11-17-6-2-1-3-7-17)21(26)18-8-4-9-19(16-18)24-13-5-10-20(24)25/h1-4,6-9,16H,5,10-15,22H2. The van der Waals surface area contributed by atoms with Crippen LogP contribution in [-0.4, -0.2) is 42.9 Å². The van der Waals surface area contributed by atoms with Gasteiger partial charge in [0, 0.05) is 43.9 Å². The average Bonchev–Trinajstić information content (AvgIpc) is 3.11. The molecule has 0 bridgehead atoms. The van der Waals surface area contributed by atoms with Crippen LogP contribution in [0, 0.1) is 0 Å². The zero-order valence-electron chi connectivity index (χ0n) is 14.9. The fourth-order valence-electron chi connectivity index (χ4n) is 3.29. The smallest absolute Gasteiger partial charge is 0.253 e. The Kier molecular flexibility index (Phi) is 6.02. The molecule has 1 heterocycles. The molecule has 0 aliphatic carbocycles. The Morgan fingerprint density at radius 2 is 1.88 bits per heavy atom. The van der Waals surface area contributed by atoms with Gasteiger partial charge in [-0.15, -0.1) is 0 Å². The van der Waals surface area contributed by atoms with Crippen molar-refractivity contribution in [2.45, 2.75) is 19.3 Å². The molecule has 2 N–H and O–H groups in total. The number of nitrogens with two attached hydrogens (primary N) is 1. The first kappa shape index (κ1) is 18.1. The topological polar surface area (TPSA) is 66.6 Å². The van der Waals surface area contributed by atoms with E-state index in [1.807, 2.05) is 36.4 Å². The minimum atomic E-state index is -0.0418. The Hall–Kier alpha value is -2.66. The molecule has 0 atom stereocenters. The zero-order valence-corrected chi connectivity index (χ0v) is 14.9. The quantitative estimate of drug-likeness (QED) is 0.833. The van der Waals surface area contributed by atoms with Gasteiger partial charge < -0.3 is 15.5 Å². The Bertz CT molecular complexity index is 761. The van der Waals surface area contributed by atoms with Crippen molar-refractivity contribution in [1.29, 1.82) is 0 Å². The molecule has 5 heteroatoms. The maximum atomic E-state index is 13.0. The number of rotatable bonds is 7. The van der Waals surface area contributed by atoms with Gasteiger partial charge in [-0.2, -0.15) is 0 Å². The van der Waals surface area contributed by atoms with Crippen LogP contribution < -0.4 is 10.6 Å². The molecule has 2 aromatic rings. The Labute approximate surface area is 154 Å². The van der Waals surface area contributed by atoms with Gasteiger partial charge in [-0.3, -0.25) is 9.59 Å². The lowest BCUT2D eigenvalue weighted by atomic mass is 10.1. The lowest BCUT2D eigenvalue weighted by molar-refractivity contribution is -0.117. The second kappa shape index (κ2) is 8.63. The molecule has 5 nitrogen and oxygen atoms in total. The molecule has 2 aromatic carbocycles. The maximum absolute atomic E-state index is 13.0. The van der Waals surface area contributed by atoms with Gasteiger partial charge in [0.25, 0.3) is 5.91 Å². The molecule has 136 valence electrons. The van der Waals surface area contributed by atoms with Crippen molar-refractivity contribution in [1.82, 2.24) is 4.90 Å². The summed E-state index contributed by atoms with van der Waals surface area (Å²) in [6.45, 7) is 2.27. The van der Waals surface area contributed by atoms with E-state index in [-0.39, 0.29) is 11.8 Å². The number of carbonyl (C=O) groups is 2. The first-order chi connectivity index (χ1) is 12.7. The first-order valence-electron chi connectivity index (χ1n) is 9.13. The predicted octanol–water partition coefficient (Wildman–Crippen LogP) is 2.46. The molecule has 1 saturated heterocycles. The summed E-state index contributed by atoms with van der Waals surface area (Å²) < 4.78 is 0. The van der Waals surface area contributed by atoms with E-state index < -0.39 is 0 Å². The highest BCUT2D eigenvalue weighted by molar-refractivity contribution is 5.99. The van der Waals surface area contributed by atoms with Crippen molar-refractivity contribution in [2.75, 3.05) is 31.1 Å². The highest BCUT2D eigenvalue weighted by Gasteiger charge is 2.23. The highest BCUT2D eigenvalue weighted by atomic mass is 16.2. The van der Waals surface area contributed by atoms with Crippen LogP contribution in [0.2, 0.25) is 0 Å². The summed E-state index contributed by atoms with van der Waals surface area (Å²) in [4.78, 5) is 28.5. The normalized spacial score (nSPS) is 13.9. The molecule has 3 rings (SSSR count). The summed E-state index contributed by atoms with van der Waals surface area (Å²) in [6.07, 6.45) is 2.23. The highest BCUT2D eigenvalue weighted by Crippen LogP contribution is 2.23. The SMILES string of the molecule is NCCN(CCc1ccccc1)C(=O)c1cccc(N2CCCC2=O)c1. The Morgan fingerprint density at radius 1 is 1.08 bits per heavy atom. The monoisotopic (exact) mass is 351 g/mol. The molecule has 0 unspecified atom stereocenters. The van der Waals surface area contributed by atoms with E-state index in [0.717, 1.165) is 25.1 Å². The van der Waals surface area contributed by atoms with Gasteiger partial charge in [0.05, 0.1) is 0 Å². The fraction of sp³-hybridized carbons (Fsp3) is 0.333. The fourth-order valence-corrected chi connectivity index (χ4v) is 3.29. The number of anilines is 1. The van der Waals surface area contributed by atoms with Crippen molar-refractivity contribution in [2.24, 2.45) is 5.73 Å². The third-order valence-electron chi connectivity index (χ3n) is 4.68. The average molecular weight is 351 g/mol. The summed E-state index contributed by atoms with van der Waals surface area (Å²) in [7, 11) is 0. The van der Waals surface area contributed by atoms with Crippen LogP contribution in [0.15, 0.2) is 54.6 Å². The summed E-state index contributed by atoms with van der Waals surface area (Å²) in [5, 5.41) is 0. The molecule has 26 heavy (non-hydrogen) atoms. The minimum absolute atomic E-state index is 0.0418. The van der Waals surface area contributed by atoms with Gasteiger partial charge in [0.1, 0.15) is 0 Å². The Balaban J connectivity index is 1.73. The number of carbonyl (C=O) groups excluding carboxylic acids is 2. The predicted molar refractivity (Wildman–Crippen MR) is 103 cm³/mol. The van der Waals surface area contributed by atoms with E-state index in [0.29, 0.717) is 31.6 Å². The molecule has 0 radical (unpaired) electrons. The van der Waals surface area contributed by atoms with Crippen LogP contribution in [0.25, 0.3) is 0 Å². The van der Waals surface area contributed by atoms with Gasteiger partial charge in [-0.1, -0.05) is 36.4 Å². The van der Waals surface area contributed by atoms with E-state index in [9.17, 15) is 9.59 Å². The van der Waals surface area contributed by atoms with E-state index in [2.05, 4.69) is 12.1 Å². The molecule has 1 aliphatic rings. The van der Waals surface area contributed by atoms with E-state index in [1.165, 1.54) is 5.56 Å². The van der Waals surface area contributed by atoms with Gasteiger partial charge in [0.2, 0.25) is 5.91 Å². The van der Waals surface area contributed by atoms with Crippen LogP contribution in [0.5, 0.6) is 0 Å². The molecular weight excluding hydrogens is 326 g/mol. The molecular formula is C21H25N3O2. The van der Waals surface area contributed by atoms with Gasteiger partial charge in [-0.05, 0) is 36.6 Å². The number of hydrogen-bond donors (Lipinski definition) is 1. The van der Waals surface area contributed by atoms with Crippen molar-refractivity contribution in [3.63, 3.8) is 0 Å². The Morgan fingerprint density at radius 3 is 2.58 bits per heavy atom. The maximum Gasteiger partial charge on any atom is 0.253 e. The number of nitrogens with zero attached hydrogens (tertiary/aromatic N) is 2. The van der Waals surface area contributed by atoms with Crippen molar-refractivity contribution in [3.8, 4) is 0 Å². The first-order valence-corrected chi connectivity index (χ1v) is 9.13. The summed E-state index contributed by atoms with van der Waals surface area (Å²) in [6, 6.07) is 17.5. The summed E-state index contributed by atoms with van der Waals surface area (Å²) in [5.74, 6) is 0.0809. The van der Waals surface area contributed by atoms with Crippen LogP contribution in [0.4, 0.5) is 5.69 Å². The van der Waals surface area contributed by atoms with E-state index >= 15 is 0 Å². The van der Waals surface area contributed by atoms with Gasteiger partial charge >= 0.3 is 0 Å². The van der Waals surface area contributed by atoms with Crippen molar-refractivity contribution >= 4 is 17.5 Å². The van der Waals surface area contributed by atoms with Crippen molar-refractivity contribution in [3.05, 3.63) is 65.7 Å². The number of amides is 2. The lowest BCUT2D eigenvalue weighted by Crippen LogP contribution is -2.37. The van der Waals surface area contributed by atoms with Crippen LogP contribution >= 0.6 is 0 Å². The zero-order chi connectivity index (χ0) is 18.4. The third kappa shape index (κ3) is 4.29. The molecule has 0 aromatic heterocycles. The molecule has 2 amide bonds. The van der Waals surface area contributed by atoms with Crippen LogP contribution in [0.1, 0.15) is 28.8 Å². The molecule has 1 fully saturated rings. The second-order valence-corrected chi connectivity index (χ2v) is 6.52. The van der Waals surface area contributed by atoms with E-state index in [4.69, 9.17) is 5.73 Å². The summed E-state index contributed by atoms with van der Waals surface area (Å²) >= 11 is 0. The molecule has 1 aliphatic heterocycles. The van der Waals surface area contributed by atoms with Crippen molar-refractivity contribution < 1.29 is 9.59 Å². The molecule has 0 spiro atoms. The minimum Gasteiger partial charge on any atom is -0.337 e.